The predicted octanol–water partition coefficient (Wildman–Crippen LogP) is 3.19. The van der Waals surface area contributed by atoms with Crippen molar-refractivity contribution in [2.45, 2.75) is 26.9 Å². The van der Waals surface area contributed by atoms with Gasteiger partial charge < -0.3 is 20.5 Å². The average Bonchev–Trinajstić information content (AvgIpc) is 2.61. The van der Waals surface area contributed by atoms with Crippen LogP contribution in [0, 0.1) is 5.82 Å². The van der Waals surface area contributed by atoms with Crippen LogP contribution in [0.15, 0.2) is 47.5 Å². The molecule has 134 valence electrons. The first kappa shape index (κ1) is 18.6. The van der Waals surface area contributed by atoms with Crippen molar-refractivity contribution in [2.75, 3.05) is 13.2 Å². The standard InChI is InChI=1S/C19H24FN3O2/c1-3-21-19(22-12-14-9-10-17(24)16(20)11-14)23-13-15-7-5-6-8-18(15)25-4-2/h5-11,24H,3-4,12-13H2,1-2H3,(H2,21,22,23). The zero-order valence-corrected chi connectivity index (χ0v) is 14.6. The summed E-state index contributed by atoms with van der Waals surface area (Å²) in [7, 11) is 0. The molecule has 2 aromatic carbocycles. The average molecular weight is 345 g/mol. The Labute approximate surface area is 147 Å². The first-order valence-corrected chi connectivity index (χ1v) is 8.34. The van der Waals surface area contributed by atoms with Crippen LogP contribution in [0.1, 0.15) is 25.0 Å². The zero-order chi connectivity index (χ0) is 18.1. The maximum Gasteiger partial charge on any atom is 0.191 e. The molecule has 5 nitrogen and oxygen atoms in total. The third kappa shape index (κ3) is 5.67. The highest BCUT2D eigenvalue weighted by Gasteiger charge is 2.05. The lowest BCUT2D eigenvalue weighted by atomic mass is 10.2. The number of para-hydroxylation sites is 1. The number of halogens is 1. The summed E-state index contributed by atoms with van der Waals surface area (Å²) in [4.78, 5) is 4.45. The Morgan fingerprint density at radius 3 is 2.68 bits per heavy atom. The summed E-state index contributed by atoms with van der Waals surface area (Å²) in [5.41, 5.74) is 1.72. The lowest BCUT2D eigenvalue weighted by Gasteiger charge is -2.14. The van der Waals surface area contributed by atoms with Crippen LogP contribution in [0.3, 0.4) is 0 Å². The van der Waals surface area contributed by atoms with Gasteiger partial charge in [0, 0.05) is 18.7 Å². The molecular weight excluding hydrogens is 321 g/mol. The Morgan fingerprint density at radius 2 is 1.96 bits per heavy atom. The number of aromatic hydroxyl groups is 1. The third-order valence-corrected chi connectivity index (χ3v) is 3.49. The number of benzene rings is 2. The molecule has 3 N–H and O–H groups in total. The minimum atomic E-state index is -0.642. The highest BCUT2D eigenvalue weighted by molar-refractivity contribution is 5.79. The second-order valence-electron chi connectivity index (χ2n) is 5.38. The molecule has 6 heteroatoms. The summed E-state index contributed by atoms with van der Waals surface area (Å²) in [5, 5.41) is 15.6. The molecule has 0 saturated carbocycles. The molecule has 0 unspecified atom stereocenters. The van der Waals surface area contributed by atoms with Crippen molar-refractivity contribution in [1.82, 2.24) is 10.6 Å². The van der Waals surface area contributed by atoms with Gasteiger partial charge in [0.15, 0.2) is 17.5 Å². The van der Waals surface area contributed by atoms with Crippen molar-refractivity contribution < 1.29 is 14.2 Å². The van der Waals surface area contributed by atoms with Gasteiger partial charge in [-0.2, -0.15) is 0 Å². The number of nitrogens with zero attached hydrogens (tertiary/aromatic N) is 1. The van der Waals surface area contributed by atoms with Gasteiger partial charge >= 0.3 is 0 Å². The van der Waals surface area contributed by atoms with E-state index in [4.69, 9.17) is 4.74 Å². The summed E-state index contributed by atoms with van der Waals surface area (Å²) in [6, 6.07) is 12.1. The third-order valence-electron chi connectivity index (χ3n) is 3.49. The van der Waals surface area contributed by atoms with Crippen molar-refractivity contribution in [3.05, 3.63) is 59.4 Å². The molecule has 0 aromatic heterocycles. The summed E-state index contributed by atoms with van der Waals surface area (Å²) >= 11 is 0. The SMILES string of the molecule is CCNC(=NCc1ccc(O)c(F)c1)NCc1ccccc1OCC. The summed E-state index contributed by atoms with van der Waals surface area (Å²) in [6.07, 6.45) is 0. The molecular formula is C19H24FN3O2. The number of hydrogen-bond acceptors (Lipinski definition) is 3. The number of guanidine groups is 1. The van der Waals surface area contributed by atoms with E-state index in [0.29, 0.717) is 37.8 Å². The maximum atomic E-state index is 13.4. The van der Waals surface area contributed by atoms with Crippen molar-refractivity contribution >= 4 is 5.96 Å². The van der Waals surface area contributed by atoms with Crippen molar-refractivity contribution in [2.24, 2.45) is 4.99 Å². The van der Waals surface area contributed by atoms with E-state index < -0.39 is 5.82 Å². The van der Waals surface area contributed by atoms with Crippen LogP contribution in [-0.2, 0) is 13.1 Å². The molecule has 0 heterocycles. The van der Waals surface area contributed by atoms with E-state index in [1.54, 1.807) is 6.07 Å². The highest BCUT2D eigenvalue weighted by atomic mass is 19.1. The van der Waals surface area contributed by atoms with E-state index in [0.717, 1.165) is 11.3 Å². The Morgan fingerprint density at radius 1 is 1.16 bits per heavy atom. The van der Waals surface area contributed by atoms with Crippen LogP contribution in [0.4, 0.5) is 4.39 Å². The molecule has 0 amide bonds. The number of nitrogens with one attached hydrogen (secondary N) is 2. The van der Waals surface area contributed by atoms with Crippen LogP contribution in [-0.4, -0.2) is 24.2 Å². The van der Waals surface area contributed by atoms with Gasteiger partial charge in [0.05, 0.1) is 13.2 Å². The highest BCUT2D eigenvalue weighted by Crippen LogP contribution is 2.18. The van der Waals surface area contributed by atoms with E-state index in [-0.39, 0.29) is 5.75 Å². The van der Waals surface area contributed by atoms with Crippen molar-refractivity contribution in [3.63, 3.8) is 0 Å². The Hall–Kier alpha value is -2.76. The molecule has 0 aliphatic rings. The maximum absolute atomic E-state index is 13.4. The number of aliphatic imine (C=N–C) groups is 1. The largest absolute Gasteiger partial charge is 0.505 e. The first-order valence-electron chi connectivity index (χ1n) is 8.34. The molecule has 0 aliphatic heterocycles. The number of rotatable bonds is 7. The fraction of sp³-hybridized carbons (Fsp3) is 0.316. The van der Waals surface area contributed by atoms with Gasteiger partial charge in [-0.3, -0.25) is 0 Å². The van der Waals surface area contributed by atoms with Gasteiger partial charge in [0.1, 0.15) is 5.75 Å². The van der Waals surface area contributed by atoms with Crippen LogP contribution in [0.5, 0.6) is 11.5 Å². The first-order chi connectivity index (χ1) is 12.1. The fourth-order valence-electron chi connectivity index (χ4n) is 2.29. The van der Waals surface area contributed by atoms with E-state index in [1.165, 1.54) is 12.1 Å². The van der Waals surface area contributed by atoms with Gasteiger partial charge in [-0.1, -0.05) is 24.3 Å². The lowest BCUT2D eigenvalue weighted by molar-refractivity contribution is 0.336. The normalized spacial score (nSPS) is 11.2. The van der Waals surface area contributed by atoms with Crippen LogP contribution in [0.2, 0.25) is 0 Å². The molecule has 25 heavy (non-hydrogen) atoms. The molecule has 0 aliphatic carbocycles. The number of ether oxygens (including phenoxy) is 1. The second-order valence-corrected chi connectivity index (χ2v) is 5.38. The van der Waals surface area contributed by atoms with E-state index in [2.05, 4.69) is 15.6 Å². The van der Waals surface area contributed by atoms with Gasteiger partial charge in [0.25, 0.3) is 0 Å². The molecule has 0 radical (unpaired) electrons. The minimum Gasteiger partial charge on any atom is -0.505 e. The van der Waals surface area contributed by atoms with E-state index in [9.17, 15) is 9.50 Å². The number of phenols is 1. The molecule has 0 saturated heterocycles. The molecule has 2 aromatic rings. The molecule has 0 atom stereocenters. The number of hydrogen-bond donors (Lipinski definition) is 3. The monoisotopic (exact) mass is 345 g/mol. The molecule has 0 spiro atoms. The van der Waals surface area contributed by atoms with Crippen molar-refractivity contribution in [1.29, 1.82) is 0 Å². The minimum absolute atomic E-state index is 0.305. The van der Waals surface area contributed by atoms with E-state index in [1.807, 2.05) is 38.1 Å². The molecule has 2 rings (SSSR count). The number of phenolic OH excluding ortho intramolecular Hbond substituents is 1. The summed E-state index contributed by atoms with van der Waals surface area (Å²) in [6.45, 7) is 6.12. The van der Waals surface area contributed by atoms with Gasteiger partial charge in [-0.25, -0.2) is 9.38 Å². The lowest BCUT2D eigenvalue weighted by Crippen LogP contribution is -2.36. The smallest absolute Gasteiger partial charge is 0.191 e. The Bertz CT molecular complexity index is 720. The van der Waals surface area contributed by atoms with Gasteiger partial charge in [0.2, 0.25) is 0 Å². The zero-order valence-electron chi connectivity index (χ0n) is 14.6. The van der Waals surface area contributed by atoms with Crippen molar-refractivity contribution in [3.8, 4) is 11.5 Å². The van der Waals surface area contributed by atoms with Gasteiger partial charge in [-0.05, 0) is 37.6 Å². The second kappa shape index (κ2) is 9.52. The van der Waals surface area contributed by atoms with Gasteiger partial charge in [-0.15, -0.1) is 0 Å². The molecule has 0 bridgehead atoms. The Balaban J connectivity index is 2.03. The molecule has 0 fully saturated rings. The van der Waals surface area contributed by atoms with Crippen LogP contribution < -0.4 is 15.4 Å². The van der Waals surface area contributed by atoms with Crippen LogP contribution >= 0.6 is 0 Å². The summed E-state index contributed by atoms with van der Waals surface area (Å²) < 4.78 is 19.0. The fourth-order valence-corrected chi connectivity index (χ4v) is 2.29. The van der Waals surface area contributed by atoms with Crippen LogP contribution in [0.25, 0.3) is 0 Å². The topological polar surface area (TPSA) is 65.9 Å². The predicted molar refractivity (Wildman–Crippen MR) is 97.3 cm³/mol. The van der Waals surface area contributed by atoms with E-state index >= 15 is 0 Å². The quantitative estimate of drug-likeness (QED) is 0.533. The Kier molecular flexibility index (Phi) is 7.07. The summed E-state index contributed by atoms with van der Waals surface area (Å²) in [5.74, 6) is 0.470.